The summed E-state index contributed by atoms with van der Waals surface area (Å²) in [5.74, 6) is -0.251. The van der Waals surface area contributed by atoms with Crippen LogP contribution in [0.25, 0.3) is 55.8 Å². The van der Waals surface area contributed by atoms with Crippen molar-refractivity contribution in [2.24, 2.45) is 5.41 Å². The molecule has 40 heavy (non-hydrogen) atoms. The number of carbonyl (C=O) groups is 1. The maximum atomic E-state index is 14.0. The van der Waals surface area contributed by atoms with Gasteiger partial charge in [-0.25, -0.2) is 9.37 Å². The van der Waals surface area contributed by atoms with E-state index in [2.05, 4.69) is 30.5 Å². The molecule has 0 saturated heterocycles. The summed E-state index contributed by atoms with van der Waals surface area (Å²) in [5.41, 5.74) is 5.71. The van der Waals surface area contributed by atoms with Crippen LogP contribution in [0.4, 0.5) is 10.1 Å². The fourth-order valence-electron chi connectivity index (χ4n) is 4.70. The highest BCUT2D eigenvalue weighted by atomic mass is 19.1. The van der Waals surface area contributed by atoms with Crippen molar-refractivity contribution in [3.8, 4) is 39.7 Å². The standard InChI is InChI=1S/C30H26FN7O2/c1-30(2,3)12-26(40)34-19-8-17(13-32-14-19)24-11-22-25(15-33-24)37-38-28(22)29-35-23-6-4-5-21(27(23)36-29)16-7-18(31)10-20(39)9-16/h4-11,13-15,39H,12H2,1-3H3,(H,34,40)(H,35,36)(H,37,38). The maximum Gasteiger partial charge on any atom is 0.224 e. The normalized spacial score (nSPS) is 11.8. The minimum Gasteiger partial charge on any atom is -0.508 e. The molecule has 10 heteroatoms. The number of aromatic nitrogens is 6. The lowest BCUT2D eigenvalue weighted by Crippen LogP contribution is -2.19. The zero-order valence-electron chi connectivity index (χ0n) is 22.1. The van der Waals surface area contributed by atoms with Gasteiger partial charge in [0.2, 0.25) is 5.91 Å². The average molecular weight is 536 g/mol. The molecule has 4 N–H and O–H groups in total. The number of aromatic amines is 2. The molecule has 9 nitrogen and oxygen atoms in total. The molecular weight excluding hydrogens is 509 g/mol. The number of benzene rings is 2. The Balaban J connectivity index is 1.37. The van der Waals surface area contributed by atoms with Gasteiger partial charge in [0.25, 0.3) is 0 Å². The van der Waals surface area contributed by atoms with Crippen LogP contribution in [0.3, 0.4) is 0 Å². The second-order valence-corrected chi connectivity index (χ2v) is 10.9. The van der Waals surface area contributed by atoms with Gasteiger partial charge in [0, 0.05) is 35.2 Å². The molecule has 0 saturated carbocycles. The molecule has 200 valence electrons. The largest absolute Gasteiger partial charge is 0.508 e. The number of hydrogen-bond donors (Lipinski definition) is 4. The lowest BCUT2D eigenvalue weighted by atomic mass is 9.92. The minimum atomic E-state index is -0.534. The molecule has 0 fully saturated rings. The number of phenols is 1. The van der Waals surface area contributed by atoms with E-state index in [-0.39, 0.29) is 17.1 Å². The zero-order valence-corrected chi connectivity index (χ0v) is 22.1. The highest BCUT2D eigenvalue weighted by Crippen LogP contribution is 2.34. The number of anilines is 1. The van der Waals surface area contributed by atoms with Crippen molar-refractivity contribution in [3.05, 3.63) is 72.9 Å². The van der Waals surface area contributed by atoms with E-state index in [9.17, 15) is 14.3 Å². The van der Waals surface area contributed by atoms with Gasteiger partial charge >= 0.3 is 0 Å². The first-order valence-electron chi connectivity index (χ1n) is 12.7. The van der Waals surface area contributed by atoms with Gasteiger partial charge < -0.3 is 15.4 Å². The molecule has 1 amide bonds. The van der Waals surface area contributed by atoms with Gasteiger partial charge in [-0.15, -0.1) is 0 Å². The Labute approximate surface area is 228 Å². The van der Waals surface area contributed by atoms with Gasteiger partial charge in [0.05, 0.1) is 40.3 Å². The van der Waals surface area contributed by atoms with Crippen molar-refractivity contribution in [2.75, 3.05) is 5.32 Å². The molecule has 6 rings (SSSR count). The number of phenolic OH excluding ortho intramolecular Hbond substituents is 1. The number of hydrogen-bond acceptors (Lipinski definition) is 6. The van der Waals surface area contributed by atoms with Crippen molar-refractivity contribution >= 4 is 33.5 Å². The molecule has 0 radical (unpaired) electrons. The number of nitrogens with one attached hydrogen (secondary N) is 3. The molecule has 4 aromatic heterocycles. The Hall–Kier alpha value is -5.12. The lowest BCUT2D eigenvalue weighted by Gasteiger charge is -2.17. The van der Waals surface area contributed by atoms with Gasteiger partial charge in [-0.2, -0.15) is 5.10 Å². The van der Waals surface area contributed by atoms with Crippen LogP contribution in [0.15, 0.2) is 67.1 Å². The average Bonchev–Trinajstić information content (AvgIpc) is 3.50. The van der Waals surface area contributed by atoms with Crippen LogP contribution in [-0.2, 0) is 4.79 Å². The van der Waals surface area contributed by atoms with E-state index in [1.807, 2.05) is 51.1 Å². The summed E-state index contributed by atoms with van der Waals surface area (Å²) in [4.78, 5) is 29.4. The molecule has 2 aromatic carbocycles. The number of para-hydroxylation sites is 1. The van der Waals surface area contributed by atoms with Gasteiger partial charge in [0.15, 0.2) is 5.82 Å². The number of H-pyrrole nitrogens is 2. The van der Waals surface area contributed by atoms with Gasteiger partial charge in [-0.05, 0) is 41.3 Å². The van der Waals surface area contributed by atoms with E-state index in [0.717, 1.165) is 28.0 Å². The molecule has 0 spiro atoms. The van der Waals surface area contributed by atoms with Crippen molar-refractivity contribution in [1.29, 1.82) is 0 Å². The van der Waals surface area contributed by atoms with Crippen LogP contribution in [0.1, 0.15) is 27.2 Å². The number of pyridine rings is 2. The number of halogens is 1. The lowest BCUT2D eigenvalue weighted by molar-refractivity contribution is -0.117. The third-order valence-electron chi connectivity index (χ3n) is 6.39. The minimum absolute atomic E-state index is 0.0790. The van der Waals surface area contributed by atoms with Gasteiger partial charge in [-0.1, -0.05) is 32.9 Å². The Kier molecular flexibility index (Phi) is 6.02. The first-order valence-corrected chi connectivity index (χ1v) is 12.7. The van der Waals surface area contributed by atoms with Crippen LogP contribution < -0.4 is 5.32 Å². The van der Waals surface area contributed by atoms with E-state index in [1.54, 1.807) is 18.6 Å². The van der Waals surface area contributed by atoms with E-state index in [0.29, 0.717) is 46.0 Å². The van der Waals surface area contributed by atoms with E-state index in [4.69, 9.17) is 4.98 Å². The molecule has 6 aromatic rings. The number of carbonyl (C=O) groups excluding carboxylic acids is 1. The molecular formula is C30H26FN7O2. The quantitative estimate of drug-likeness (QED) is 0.201. The predicted octanol–water partition coefficient (Wildman–Crippen LogP) is 6.45. The molecule has 0 aliphatic heterocycles. The van der Waals surface area contributed by atoms with Crippen LogP contribution >= 0.6 is 0 Å². The van der Waals surface area contributed by atoms with Crippen molar-refractivity contribution in [2.45, 2.75) is 27.2 Å². The van der Waals surface area contributed by atoms with Gasteiger partial charge in [0.1, 0.15) is 17.3 Å². The Bertz CT molecular complexity index is 1880. The van der Waals surface area contributed by atoms with Crippen molar-refractivity contribution in [3.63, 3.8) is 0 Å². The maximum absolute atomic E-state index is 14.0. The summed E-state index contributed by atoms with van der Waals surface area (Å²) < 4.78 is 14.0. The summed E-state index contributed by atoms with van der Waals surface area (Å²) in [5, 5.41) is 21.1. The molecule has 0 unspecified atom stereocenters. The van der Waals surface area contributed by atoms with Crippen molar-refractivity contribution in [1.82, 2.24) is 30.1 Å². The van der Waals surface area contributed by atoms with E-state index in [1.165, 1.54) is 12.1 Å². The Morgan fingerprint density at radius 2 is 1.88 bits per heavy atom. The highest BCUT2D eigenvalue weighted by molar-refractivity contribution is 5.98. The summed E-state index contributed by atoms with van der Waals surface area (Å²) >= 11 is 0. The van der Waals surface area contributed by atoms with E-state index >= 15 is 0 Å². The van der Waals surface area contributed by atoms with Crippen LogP contribution in [-0.4, -0.2) is 41.1 Å². The smallest absolute Gasteiger partial charge is 0.224 e. The van der Waals surface area contributed by atoms with Crippen LogP contribution in [0.5, 0.6) is 5.75 Å². The molecule has 0 bridgehead atoms. The number of fused-ring (bicyclic) bond motifs is 2. The molecule has 0 aliphatic rings. The number of nitrogens with zero attached hydrogens (tertiary/aromatic N) is 4. The van der Waals surface area contributed by atoms with Crippen molar-refractivity contribution < 1.29 is 14.3 Å². The summed E-state index contributed by atoms with van der Waals surface area (Å²) in [7, 11) is 0. The first-order chi connectivity index (χ1) is 19.1. The summed E-state index contributed by atoms with van der Waals surface area (Å²) in [6.45, 7) is 6.04. The summed E-state index contributed by atoms with van der Waals surface area (Å²) in [6.07, 6.45) is 5.38. The summed E-state index contributed by atoms with van der Waals surface area (Å²) in [6, 6.07) is 13.2. The third-order valence-corrected chi connectivity index (χ3v) is 6.39. The zero-order chi connectivity index (χ0) is 28.0. The third kappa shape index (κ3) is 4.98. The molecule has 4 heterocycles. The molecule has 0 atom stereocenters. The van der Waals surface area contributed by atoms with Crippen LogP contribution in [0, 0.1) is 11.2 Å². The number of rotatable bonds is 5. The number of amides is 1. The fraction of sp³-hybridized carbons (Fsp3) is 0.167. The predicted molar refractivity (Wildman–Crippen MR) is 152 cm³/mol. The van der Waals surface area contributed by atoms with Crippen LogP contribution in [0.2, 0.25) is 0 Å². The SMILES string of the molecule is CC(C)(C)CC(=O)Nc1cncc(-c2cc3c(-c4nc5c(-c6cc(O)cc(F)c6)cccc5[nH]4)n[nH]c3cn2)c1. The monoisotopic (exact) mass is 535 g/mol. The fourth-order valence-corrected chi connectivity index (χ4v) is 4.70. The number of imidazole rings is 1. The first kappa shape index (κ1) is 25.2. The Morgan fingerprint density at radius 1 is 1.02 bits per heavy atom. The Morgan fingerprint density at radius 3 is 2.67 bits per heavy atom. The molecule has 0 aliphatic carbocycles. The highest BCUT2D eigenvalue weighted by Gasteiger charge is 2.18. The van der Waals surface area contributed by atoms with Gasteiger partial charge in [-0.3, -0.25) is 19.9 Å². The van der Waals surface area contributed by atoms with E-state index < -0.39 is 5.82 Å². The second-order valence-electron chi connectivity index (χ2n) is 10.9. The topological polar surface area (TPSA) is 132 Å². The number of aromatic hydroxyl groups is 1. The second kappa shape index (κ2) is 9.57.